The van der Waals surface area contributed by atoms with Gasteiger partial charge in [-0.15, -0.1) is 0 Å². The molecule has 2 fully saturated rings. The Balaban J connectivity index is 1.47. The number of aromatic amines is 1. The van der Waals surface area contributed by atoms with Crippen LogP contribution in [0.1, 0.15) is 31.2 Å². The Morgan fingerprint density at radius 3 is 2.59 bits per heavy atom. The molecule has 2 heterocycles. The molecule has 3 aromatic rings. The van der Waals surface area contributed by atoms with Gasteiger partial charge in [-0.2, -0.15) is 5.10 Å². The lowest BCUT2D eigenvalue weighted by molar-refractivity contribution is -0.141. The van der Waals surface area contributed by atoms with E-state index in [4.69, 9.17) is 4.74 Å². The van der Waals surface area contributed by atoms with E-state index in [0.29, 0.717) is 29.7 Å². The molecule has 2 aliphatic rings. The highest BCUT2D eigenvalue weighted by Crippen LogP contribution is 2.44. The van der Waals surface area contributed by atoms with Crippen molar-refractivity contribution in [2.24, 2.45) is 0 Å². The molecule has 178 valence electrons. The van der Waals surface area contributed by atoms with E-state index in [2.05, 4.69) is 15.5 Å². The molecule has 2 amide bonds. The van der Waals surface area contributed by atoms with Crippen LogP contribution in [0.4, 0.5) is 5.69 Å². The molecule has 1 saturated carbocycles. The summed E-state index contributed by atoms with van der Waals surface area (Å²) >= 11 is 0. The van der Waals surface area contributed by atoms with Crippen LogP contribution in [-0.4, -0.2) is 60.1 Å². The Kier molecular flexibility index (Phi) is 5.55. The summed E-state index contributed by atoms with van der Waals surface area (Å²) in [7, 11) is -2.02. The van der Waals surface area contributed by atoms with Gasteiger partial charge in [0.25, 0.3) is 0 Å². The molecule has 2 N–H and O–H groups in total. The van der Waals surface area contributed by atoms with Crippen molar-refractivity contribution in [3.8, 4) is 5.75 Å². The van der Waals surface area contributed by atoms with Gasteiger partial charge >= 0.3 is 0 Å². The number of fused-ring (bicyclic) bond motifs is 1. The predicted octanol–water partition coefficient (Wildman–Crippen LogP) is 2.61. The van der Waals surface area contributed by atoms with Crippen LogP contribution in [0.3, 0.4) is 0 Å². The highest BCUT2D eigenvalue weighted by Gasteiger charge is 2.51. The van der Waals surface area contributed by atoms with Crippen LogP contribution in [0.2, 0.25) is 0 Å². The van der Waals surface area contributed by atoms with E-state index in [0.717, 1.165) is 23.9 Å². The number of nitrogens with one attached hydrogen (secondary N) is 2. The Morgan fingerprint density at radius 1 is 1.15 bits per heavy atom. The molecule has 1 aliphatic carbocycles. The van der Waals surface area contributed by atoms with Gasteiger partial charge in [0, 0.05) is 5.39 Å². The fourth-order valence-electron chi connectivity index (χ4n) is 5.19. The molecule has 0 spiro atoms. The number of hydrogen-bond donors (Lipinski definition) is 2. The third-order valence-corrected chi connectivity index (χ3v) is 8.43. The minimum absolute atomic E-state index is 0.307. The van der Waals surface area contributed by atoms with Gasteiger partial charge in [0.05, 0.1) is 35.7 Å². The maximum Gasteiger partial charge on any atom is 0.248 e. The van der Waals surface area contributed by atoms with E-state index >= 15 is 0 Å². The summed E-state index contributed by atoms with van der Waals surface area (Å²) in [6.07, 6.45) is 4.53. The van der Waals surface area contributed by atoms with Gasteiger partial charge in [-0.05, 0) is 42.7 Å². The first-order valence-electron chi connectivity index (χ1n) is 11.2. The van der Waals surface area contributed by atoms with Gasteiger partial charge < -0.3 is 15.0 Å². The zero-order valence-corrected chi connectivity index (χ0v) is 19.6. The number of methoxy groups -OCH3 is 1. The van der Waals surface area contributed by atoms with Crippen molar-refractivity contribution in [3.05, 3.63) is 54.2 Å². The number of ether oxygens (including phenoxy) is 1. The molecular weight excluding hydrogens is 456 g/mol. The molecule has 0 unspecified atom stereocenters. The number of anilines is 1. The summed E-state index contributed by atoms with van der Waals surface area (Å²) in [6, 6.07) is 11.5. The van der Waals surface area contributed by atoms with Crippen LogP contribution >= 0.6 is 0 Å². The topological polar surface area (TPSA) is 121 Å². The summed E-state index contributed by atoms with van der Waals surface area (Å²) in [5.74, 6) is -1.01. The molecule has 10 heteroatoms. The zero-order valence-electron chi connectivity index (χ0n) is 18.8. The largest absolute Gasteiger partial charge is 0.497 e. The van der Waals surface area contributed by atoms with Crippen LogP contribution in [-0.2, 0) is 24.8 Å². The molecule has 1 aliphatic heterocycles. The van der Waals surface area contributed by atoms with E-state index in [1.807, 2.05) is 18.2 Å². The minimum Gasteiger partial charge on any atom is -0.497 e. The summed E-state index contributed by atoms with van der Waals surface area (Å²) < 4.78 is 30.5. The summed E-state index contributed by atoms with van der Waals surface area (Å²) in [6.45, 7) is 0. The summed E-state index contributed by atoms with van der Waals surface area (Å²) in [5.41, 5.74) is 1.23. The van der Waals surface area contributed by atoms with Crippen molar-refractivity contribution in [1.82, 2.24) is 15.1 Å². The standard InChI is InChI=1S/C24H26N4O5S/c1-33-17-9-7-16(8-10-17)24(11-2-3-12-24)23(30)28-15-34(31,32)14-21(28)22(29)26-19-5-4-6-20-18(19)13-25-27-20/h4-10,13,21H,2-3,11-12,14-15H2,1H3,(H,25,27)(H,26,29)/t21-/m1/s1. The highest BCUT2D eigenvalue weighted by molar-refractivity contribution is 7.91. The van der Waals surface area contributed by atoms with Gasteiger partial charge in [-0.25, -0.2) is 8.42 Å². The first-order valence-corrected chi connectivity index (χ1v) is 13.0. The number of nitrogens with zero attached hydrogens (tertiary/aromatic N) is 2. The first-order chi connectivity index (χ1) is 16.3. The van der Waals surface area contributed by atoms with E-state index in [1.165, 1.54) is 4.90 Å². The Labute approximate surface area is 197 Å². The lowest BCUT2D eigenvalue weighted by Crippen LogP contribution is -2.51. The Hall–Kier alpha value is -3.40. The number of H-pyrrole nitrogens is 1. The molecule has 2 aromatic carbocycles. The number of aromatic nitrogens is 2. The smallest absolute Gasteiger partial charge is 0.248 e. The molecule has 9 nitrogen and oxygen atoms in total. The predicted molar refractivity (Wildman–Crippen MR) is 127 cm³/mol. The monoisotopic (exact) mass is 482 g/mol. The number of benzene rings is 2. The van der Waals surface area contributed by atoms with Crippen molar-refractivity contribution in [1.29, 1.82) is 0 Å². The van der Waals surface area contributed by atoms with Gasteiger partial charge in [-0.3, -0.25) is 14.7 Å². The van der Waals surface area contributed by atoms with E-state index in [9.17, 15) is 18.0 Å². The van der Waals surface area contributed by atoms with Crippen molar-refractivity contribution in [2.75, 3.05) is 24.1 Å². The van der Waals surface area contributed by atoms with Crippen LogP contribution in [0, 0.1) is 0 Å². The average Bonchev–Trinajstić information content (AvgIpc) is 3.57. The van der Waals surface area contributed by atoms with Crippen LogP contribution in [0.25, 0.3) is 10.9 Å². The third kappa shape index (κ3) is 3.81. The maximum absolute atomic E-state index is 14.0. The van der Waals surface area contributed by atoms with Crippen molar-refractivity contribution in [3.63, 3.8) is 0 Å². The van der Waals surface area contributed by atoms with Crippen LogP contribution in [0.5, 0.6) is 5.75 Å². The average molecular weight is 483 g/mol. The lowest BCUT2D eigenvalue weighted by Gasteiger charge is -2.34. The van der Waals surface area contributed by atoms with E-state index in [-0.39, 0.29) is 5.91 Å². The fraction of sp³-hybridized carbons (Fsp3) is 0.375. The molecule has 1 atom stereocenters. The maximum atomic E-state index is 14.0. The summed E-state index contributed by atoms with van der Waals surface area (Å²) in [5, 5.41) is 10.4. The molecule has 0 bridgehead atoms. The first kappa shape index (κ1) is 22.4. The number of carbonyl (C=O) groups is 2. The Bertz CT molecular complexity index is 1340. The van der Waals surface area contributed by atoms with E-state index < -0.39 is 38.8 Å². The van der Waals surface area contributed by atoms with Gasteiger partial charge in [0.1, 0.15) is 17.7 Å². The molecule has 1 saturated heterocycles. The second-order valence-corrected chi connectivity index (χ2v) is 11.1. The SMILES string of the molecule is COc1ccc(C2(C(=O)N3CS(=O)(=O)C[C@@H]3C(=O)Nc3cccc4[nH]ncc34)CCCC2)cc1. The number of carbonyl (C=O) groups excluding carboxylic acids is 2. The lowest BCUT2D eigenvalue weighted by atomic mass is 9.77. The number of amides is 2. The number of hydrogen-bond acceptors (Lipinski definition) is 6. The van der Waals surface area contributed by atoms with Gasteiger partial charge in [-0.1, -0.05) is 31.0 Å². The van der Waals surface area contributed by atoms with Gasteiger partial charge in [0.2, 0.25) is 11.8 Å². The van der Waals surface area contributed by atoms with E-state index in [1.54, 1.807) is 37.6 Å². The number of sulfone groups is 1. The second-order valence-electron chi connectivity index (χ2n) is 8.97. The van der Waals surface area contributed by atoms with Crippen molar-refractivity contribution in [2.45, 2.75) is 37.1 Å². The third-order valence-electron chi connectivity index (χ3n) is 6.94. The van der Waals surface area contributed by atoms with Crippen molar-refractivity contribution >= 4 is 38.2 Å². The minimum atomic E-state index is -3.60. The Morgan fingerprint density at radius 2 is 1.88 bits per heavy atom. The van der Waals surface area contributed by atoms with Crippen LogP contribution < -0.4 is 10.1 Å². The fourth-order valence-corrected chi connectivity index (χ4v) is 6.82. The van der Waals surface area contributed by atoms with Crippen LogP contribution in [0.15, 0.2) is 48.7 Å². The van der Waals surface area contributed by atoms with Crippen molar-refractivity contribution < 1.29 is 22.7 Å². The normalized spacial score (nSPS) is 21.0. The molecule has 1 aromatic heterocycles. The zero-order chi connectivity index (χ0) is 23.9. The molecular formula is C24H26N4O5S. The second kappa shape index (κ2) is 8.43. The summed E-state index contributed by atoms with van der Waals surface area (Å²) in [4.78, 5) is 28.6. The number of rotatable bonds is 5. The molecule has 0 radical (unpaired) electrons. The molecule has 5 rings (SSSR count). The molecule has 34 heavy (non-hydrogen) atoms. The van der Waals surface area contributed by atoms with Gasteiger partial charge in [0.15, 0.2) is 9.84 Å². The highest BCUT2D eigenvalue weighted by atomic mass is 32.2. The quantitative estimate of drug-likeness (QED) is 0.577.